The summed E-state index contributed by atoms with van der Waals surface area (Å²) in [6, 6.07) is 9.63. The van der Waals surface area contributed by atoms with Crippen molar-refractivity contribution < 1.29 is 9.53 Å². The molecule has 0 bridgehead atoms. The van der Waals surface area contributed by atoms with Gasteiger partial charge in [-0.25, -0.2) is 4.79 Å². The van der Waals surface area contributed by atoms with Crippen molar-refractivity contribution in [1.29, 1.82) is 0 Å². The first kappa shape index (κ1) is 12.1. The molecule has 0 fully saturated rings. The van der Waals surface area contributed by atoms with E-state index in [9.17, 15) is 4.79 Å². The highest BCUT2D eigenvalue weighted by Crippen LogP contribution is 1.97. The Balaban J connectivity index is 2.68. The number of hydrogen-bond acceptors (Lipinski definition) is 2. The molecule has 0 aliphatic rings. The first-order valence-corrected chi connectivity index (χ1v) is 5.14. The van der Waals surface area contributed by atoms with Crippen molar-refractivity contribution in [2.45, 2.75) is 13.8 Å². The first-order chi connectivity index (χ1) is 7.72. The predicted octanol–water partition coefficient (Wildman–Crippen LogP) is 2.55. The minimum Gasteiger partial charge on any atom is -0.463 e. The number of benzene rings is 1. The topological polar surface area (TPSA) is 26.3 Å². The molecule has 0 spiro atoms. The van der Waals surface area contributed by atoms with Crippen LogP contribution in [0.5, 0.6) is 0 Å². The van der Waals surface area contributed by atoms with Crippen LogP contribution in [0, 0.1) is 11.8 Å². The Morgan fingerprint density at radius 2 is 2.06 bits per heavy atom. The fourth-order valence-electron chi connectivity index (χ4n) is 1.09. The second-order valence-corrected chi connectivity index (χ2v) is 3.20. The highest BCUT2D eigenvalue weighted by Gasteiger charge is 1.94. The van der Waals surface area contributed by atoms with Gasteiger partial charge in [-0.15, -0.1) is 0 Å². The maximum absolute atomic E-state index is 11.1. The molecule has 0 aliphatic heterocycles. The molecule has 0 saturated heterocycles. The van der Waals surface area contributed by atoms with Crippen LogP contribution < -0.4 is 0 Å². The minimum absolute atomic E-state index is 0.345. The predicted molar refractivity (Wildman–Crippen MR) is 63.7 cm³/mol. The normalized spacial score (nSPS) is 10.2. The van der Waals surface area contributed by atoms with Gasteiger partial charge in [-0.3, -0.25) is 0 Å². The number of ether oxygens (including phenoxy) is 1. The largest absolute Gasteiger partial charge is 0.463 e. The fourth-order valence-corrected chi connectivity index (χ4v) is 1.09. The van der Waals surface area contributed by atoms with Gasteiger partial charge >= 0.3 is 5.97 Å². The Bertz CT molecular complexity index is 433. The minimum atomic E-state index is -0.345. The molecule has 0 N–H and O–H groups in total. The van der Waals surface area contributed by atoms with Gasteiger partial charge in [-0.05, 0) is 26.0 Å². The summed E-state index contributed by atoms with van der Waals surface area (Å²) in [5.41, 5.74) is 1.63. The lowest BCUT2D eigenvalue weighted by molar-refractivity contribution is -0.137. The molecule has 1 rings (SSSR count). The molecule has 0 radical (unpaired) electrons. The number of esters is 1. The molecule has 0 heterocycles. The van der Waals surface area contributed by atoms with Gasteiger partial charge in [0.1, 0.15) is 0 Å². The van der Waals surface area contributed by atoms with Crippen molar-refractivity contribution in [3.05, 3.63) is 47.5 Å². The van der Waals surface area contributed by atoms with Crippen LogP contribution in [0.2, 0.25) is 0 Å². The molecule has 16 heavy (non-hydrogen) atoms. The van der Waals surface area contributed by atoms with Gasteiger partial charge in [0.2, 0.25) is 0 Å². The summed E-state index contributed by atoms with van der Waals surface area (Å²) >= 11 is 0. The molecule has 2 nitrogen and oxygen atoms in total. The summed E-state index contributed by atoms with van der Waals surface area (Å²) in [6.45, 7) is 3.94. The Hall–Kier alpha value is -2.01. The maximum Gasteiger partial charge on any atom is 0.331 e. The van der Waals surface area contributed by atoms with Crippen LogP contribution in [0.4, 0.5) is 0 Å². The van der Waals surface area contributed by atoms with Crippen molar-refractivity contribution in [3.8, 4) is 11.8 Å². The van der Waals surface area contributed by atoms with E-state index in [2.05, 4.69) is 11.8 Å². The van der Waals surface area contributed by atoms with E-state index in [0.29, 0.717) is 12.2 Å². The van der Waals surface area contributed by atoms with Crippen molar-refractivity contribution in [2.75, 3.05) is 6.61 Å². The standard InChI is InChI=1S/C14H14O2/c1-3-16-14(15)11-12(2)9-10-13-7-5-4-6-8-13/h4-8,11H,3H2,1-2H3. The van der Waals surface area contributed by atoms with E-state index in [1.54, 1.807) is 13.8 Å². The van der Waals surface area contributed by atoms with Crippen molar-refractivity contribution in [3.63, 3.8) is 0 Å². The quantitative estimate of drug-likeness (QED) is 0.429. The number of carbonyl (C=O) groups excluding carboxylic acids is 1. The summed E-state index contributed by atoms with van der Waals surface area (Å²) in [4.78, 5) is 11.1. The third-order valence-corrected chi connectivity index (χ3v) is 1.80. The van der Waals surface area contributed by atoms with Gasteiger partial charge in [-0.2, -0.15) is 0 Å². The van der Waals surface area contributed by atoms with Crippen LogP contribution in [-0.4, -0.2) is 12.6 Å². The van der Waals surface area contributed by atoms with Gasteiger partial charge in [0.15, 0.2) is 0 Å². The molecular formula is C14H14O2. The van der Waals surface area contributed by atoms with Crippen LogP contribution in [-0.2, 0) is 9.53 Å². The molecule has 1 aromatic carbocycles. The van der Waals surface area contributed by atoms with Crippen molar-refractivity contribution >= 4 is 5.97 Å². The average Bonchev–Trinajstić information content (AvgIpc) is 2.28. The van der Waals surface area contributed by atoms with Gasteiger partial charge in [-0.1, -0.05) is 30.0 Å². The van der Waals surface area contributed by atoms with Crippen LogP contribution >= 0.6 is 0 Å². The highest BCUT2D eigenvalue weighted by molar-refractivity contribution is 5.83. The van der Waals surface area contributed by atoms with Crippen molar-refractivity contribution in [2.24, 2.45) is 0 Å². The molecule has 0 saturated carbocycles. The van der Waals surface area contributed by atoms with E-state index in [1.807, 2.05) is 30.3 Å². The molecule has 0 amide bonds. The number of hydrogen-bond donors (Lipinski definition) is 0. The third kappa shape index (κ3) is 4.47. The Morgan fingerprint density at radius 1 is 1.38 bits per heavy atom. The summed E-state index contributed by atoms with van der Waals surface area (Å²) in [7, 11) is 0. The summed E-state index contributed by atoms with van der Waals surface area (Å²) in [6.07, 6.45) is 1.40. The Kier molecular flexibility index (Phi) is 4.88. The summed E-state index contributed by atoms with van der Waals surface area (Å²) in [5, 5.41) is 0. The molecule has 1 aromatic rings. The van der Waals surface area contributed by atoms with Gasteiger partial charge in [0.05, 0.1) is 6.61 Å². The lowest BCUT2D eigenvalue weighted by atomic mass is 10.2. The monoisotopic (exact) mass is 214 g/mol. The zero-order valence-corrected chi connectivity index (χ0v) is 9.49. The maximum atomic E-state index is 11.1. The van der Waals surface area contributed by atoms with E-state index in [4.69, 9.17) is 4.74 Å². The lowest BCUT2D eigenvalue weighted by Crippen LogP contribution is -1.99. The highest BCUT2D eigenvalue weighted by atomic mass is 16.5. The second kappa shape index (κ2) is 6.47. The van der Waals surface area contributed by atoms with Crippen LogP contribution in [0.3, 0.4) is 0 Å². The molecule has 0 aromatic heterocycles. The van der Waals surface area contributed by atoms with Crippen LogP contribution in [0.1, 0.15) is 19.4 Å². The average molecular weight is 214 g/mol. The first-order valence-electron chi connectivity index (χ1n) is 5.14. The van der Waals surface area contributed by atoms with Gasteiger partial charge < -0.3 is 4.74 Å². The molecule has 0 atom stereocenters. The van der Waals surface area contributed by atoms with Crippen molar-refractivity contribution in [1.82, 2.24) is 0 Å². The van der Waals surface area contributed by atoms with Gasteiger partial charge in [0, 0.05) is 17.2 Å². The smallest absolute Gasteiger partial charge is 0.331 e. The molecular weight excluding hydrogens is 200 g/mol. The summed E-state index contributed by atoms with van der Waals surface area (Å²) in [5.74, 6) is 5.52. The lowest BCUT2D eigenvalue weighted by Gasteiger charge is -1.94. The summed E-state index contributed by atoms with van der Waals surface area (Å²) < 4.78 is 4.78. The molecule has 2 heteroatoms. The zero-order chi connectivity index (χ0) is 11.8. The van der Waals surface area contributed by atoms with E-state index in [1.165, 1.54) is 6.08 Å². The number of allylic oxidation sites excluding steroid dienone is 1. The van der Waals surface area contributed by atoms with E-state index < -0.39 is 0 Å². The van der Waals surface area contributed by atoms with E-state index in [-0.39, 0.29) is 5.97 Å². The third-order valence-electron chi connectivity index (χ3n) is 1.80. The van der Waals surface area contributed by atoms with Gasteiger partial charge in [0.25, 0.3) is 0 Å². The Morgan fingerprint density at radius 3 is 2.69 bits per heavy atom. The fraction of sp³-hybridized carbons (Fsp3) is 0.214. The van der Waals surface area contributed by atoms with E-state index >= 15 is 0 Å². The Labute approximate surface area is 95.9 Å². The number of rotatable bonds is 2. The van der Waals surface area contributed by atoms with Crippen LogP contribution in [0.25, 0.3) is 0 Å². The second-order valence-electron chi connectivity index (χ2n) is 3.20. The molecule has 0 unspecified atom stereocenters. The van der Waals surface area contributed by atoms with E-state index in [0.717, 1.165) is 5.56 Å². The molecule has 82 valence electrons. The molecule has 0 aliphatic carbocycles. The SMILES string of the molecule is CCOC(=O)C=C(C)C#Cc1ccccc1. The number of carbonyl (C=O) groups is 1. The zero-order valence-electron chi connectivity index (χ0n) is 9.49. The van der Waals surface area contributed by atoms with Crippen LogP contribution in [0.15, 0.2) is 42.0 Å².